The van der Waals surface area contributed by atoms with E-state index < -0.39 is 29.4 Å². The fourth-order valence-corrected chi connectivity index (χ4v) is 5.35. The van der Waals surface area contributed by atoms with E-state index in [0.29, 0.717) is 12.1 Å². The summed E-state index contributed by atoms with van der Waals surface area (Å²) < 4.78 is 20.3. The summed E-state index contributed by atoms with van der Waals surface area (Å²) in [7, 11) is 0. The lowest BCUT2D eigenvalue weighted by Gasteiger charge is -2.29. The largest absolute Gasteiger partial charge is 0.479 e. The summed E-state index contributed by atoms with van der Waals surface area (Å²) in [5.41, 5.74) is 6.13. The van der Waals surface area contributed by atoms with Gasteiger partial charge in [0.1, 0.15) is 5.82 Å². The van der Waals surface area contributed by atoms with E-state index in [4.69, 9.17) is 27.9 Å². The van der Waals surface area contributed by atoms with Crippen molar-refractivity contribution in [3.63, 3.8) is 0 Å². The number of halogens is 3. The van der Waals surface area contributed by atoms with Crippen molar-refractivity contribution in [3.05, 3.63) is 91.2 Å². The molecule has 38 heavy (non-hydrogen) atoms. The van der Waals surface area contributed by atoms with Gasteiger partial charge < -0.3 is 14.7 Å². The zero-order chi connectivity index (χ0) is 28.1. The molecule has 0 saturated heterocycles. The zero-order valence-electron chi connectivity index (χ0n) is 22.2. The van der Waals surface area contributed by atoms with Gasteiger partial charge in [0, 0.05) is 24.2 Å². The summed E-state index contributed by atoms with van der Waals surface area (Å²) in [5.74, 6) is -2.25. The number of fused-ring (bicyclic) bond motifs is 1. The molecule has 0 bridgehead atoms. The monoisotopic (exact) mass is 557 g/mol. The first-order valence-corrected chi connectivity index (χ1v) is 13.0. The average Bonchev–Trinajstić information content (AvgIpc) is 3.29. The van der Waals surface area contributed by atoms with Crippen LogP contribution in [0.3, 0.4) is 0 Å². The number of ether oxygens (including phenoxy) is 1. The Hall–Kier alpha value is -2.93. The van der Waals surface area contributed by atoms with E-state index in [-0.39, 0.29) is 22.2 Å². The van der Waals surface area contributed by atoms with Crippen LogP contribution >= 0.6 is 23.2 Å². The van der Waals surface area contributed by atoms with Crippen molar-refractivity contribution in [2.75, 3.05) is 0 Å². The van der Waals surface area contributed by atoms with Crippen LogP contribution in [0.2, 0.25) is 10.0 Å². The van der Waals surface area contributed by atoms with Crippen LogP contribution in [0.25, 0.3) is 11.1 Å². The van der Waals surface area contributed by atoms with Gasteiger partial charge in [-0.25, -0.2) is 9.18 Å². The summed E-state index contributed by atoms with van der Waals surface area (Å²) in [6.45, 7) is 11.8. The number of carboxylic acid groups (broad SMARTS) is 1. The summed E-state index contributed by atoms with van der Waals surface area (Å²) in [5, 5.41) is 10.0. The summed E-state index contributed by atoms with van der Waals surface area (Å²) >= 11 is 11.9. The number of aliphatic carboxylic acids is 1. The smallest absolute Gasteiger partial charge is 0.337 e. The quantitative estimate of drug-likeness (QED) is 0.324. The van der Waals surface area contributed by atoms with Crippen LogP contribution in [0.5, 0.6) is 0 Å². The van der Waals surface area contributed by atoms with E-state index >= 15 is 0 Å². The first kappa shape index (κ1) is 28.1. The SMILES string of the molecule is Cc1ccc(-c2c(C)c3c(c(C)c2[C@H](OC(C)(C)C)C(=O)O)CN(C(=O)c2cc(F)c(Cl)c(Cl)c2)C3)cc1. The Morgan fingerprint density at radius 3 is 2.11 bits per heavy atom. The third-order valence-electron chi connectivity index (χ3n) is 6.83. The molecule has 0 saturated carbocycles. The molecule has 1 heterocycles. The lowest BCUT2D eigenvalue weighted by Crippen LogP contribution is -2.28. The molecule has 1 amide bonds. The first-order chi connectivity index (χ1) is 17.7. The van der Waals surface area contributed by atoms with Crippen molar-refractivity contribution in [3.8, 4) is 11.1 Å². The Labute approximate surface area is 232 Å². The van der Waals surface area contributed by atoms with Crippen LogP contribution in [0, 0.1) is 26.6 Å². The summed E-state index contributed by atoms with van der Waals surface area (Å²) in [4.78, 5) is 27.6. The Morgan fingerprint density at radius 2 is 1.58 bits per heavy atom. The number of amides is 1. The third kappa shape index (κ3) is 5.31. The van der Waals surface area contributed by atoms with Crippen molar-refractivity contribution in [1.29, 1.82) is 0 Å². The highest BCUT2D eigenvalue weighted by Crippen LogP contribution is 2.44. The molecule has 5 nitrogen and oxygen atoms in total. The number of hydrogen-bond donors (Lipinski definition) is 1. The van der Waals surface area contributed by atoms with Gasteiger partial charge in [-0.15, -0.1) is 0 Å². The minimum absolute atomic E-state index is 0.0355. The fraction of sp³-hybridized carbons (Fsp3) is 0.333. The van der Waals surface area contributed by atoms with Crippen molar-refractivity contribution in [2.45, 2.75) is 66.3 Å². The number of carboxylic acids is 1. The number of nitrogens with zero attached hydrogens (tertiary/aromatic N) is 1. The Bertz CT molecular complexity index is 1420. The van der Waals surface area contributed by atoms with Crippen LogP contribution in [0.4, 0.5) is 4.39 Å². The Balaban J connectivity index is 1.88. The summed E-state index contributed by atoms with van der Waals surface area (Å²) in [6, 6.07) is 10.4. The molecule has 1 aliphatic heterocycles. The number of carbonyl (C=O) groups excluding carboxylic acids is 1. The van der Waals surface area contributed by atoms with Crippen LogP contribution in [0.1, 0.15) is 70.6 Å². The second-order valence-corrected chi connectivity index (χ2v) is 11.5. The molecule has 4 rings (SSSR count). The standard InChI is InChI=1S/C30H30Cl2FNO4/c1-15-7-9-18(10-8-15)24-16(2)20-13-34(28(35)19-11-22(31)26(32)23(33)12-19)14-21(20)17(3)25(24)27(29(36)37)38-30(4,5)6/h7-12,27H,13-14H2,1-6H3,(H,36,37)/t27-/m0/s1. The molecule has 3 aromatic carbocycles. The molecule has 3 aromatic rings. The van der Waals surface area contributed by atoms with Gasteiger partial charge in [0.2, 0.25) is 0 Å². The minimum Gasteiger partial charge on any atom is -0.479 e. The van der Waals surface area contributed by atoms with Gasteiger partial charge in [0.25, 0.3) is 5.91 Å². The van der Waals surface area contributed by atoms with Crippen molar-refractivity contribution in [1.82, 2.24) is 4.90 Å². The minimum atomic E-state index is -1.22. The highest BCUT2D eigenvalue weighted by atomic mass is 35.5. The van der Waals surface area contributed by atoms with E-state index in [2.05, 4.69) is 0 Å². The van der Waals surface area contributed by atoms with Crippen LogP contribution in [-0.2, 0) is 22.6 Å². The average molecular weight is 558 g/mol. The highest BCUT2D eigenvalue weighted by molar-refractivity contribution is 6.42. The molecule has 0 spiro atoms. The summed E-state index contributed by atoms with van der Waals surface area (Å²) in [6.07, 6.45) is -1.22. The van der Waals surface area contributed by atoms with Crippen molar-refractivity contribution < 1.29 is 23.8 Å². The topological polar surface area (TPSA) is 66.8 Å². The predicted molar refractivity (Wildman–Crippen MR) is 147 cm³/mol. The predicted octanol–water partition coefficient (Wildman–Crippen LogP) is 7.82. The van der Waals surface area contributed by atoms with E-state index in [1.54, 1.807) is 4.90 Å². The molecule has 0 radical (unpaired) electrons. The Kier molecular flexibility index (Phi) is 7.63. The fourth-order valence-electron chi connectivity index (χ4n) is 5.03. The van der Waals surface area contributed by atoms with E-state index in [9.17, 15) is 19.1 Å². The maximum Gasteiger partial charge on any atom is 0.337 e. The van der Waals surface area contributed by atoms with Gasteiger partial charge in [-0.1, -0.05) is 53.0 Å². The molecule has 1 atom stereocenters. The van der Waals surface area contributed by atoms with Crippen LogP contribution in [0.15, 0.2) is 36.4 Å². The van der Waals surface area contributed by atoms with Crippen molar-refractivity contribution >= 4 is 35.1 Å². The molecule has 0 aliphatic carbocycles. The van der Waals surface area contributed by atoms with E-state index in [0.717, 1.165) is 45.0 Å². The van der Waals surface area contributed by atoms with E-state index in [1.807, 2.05) is 65.8 Å². The zero-order valence-corrected chi connectivity index (χ0v) is 23.7. The maximum atomic E-state index is 14.2. The maximum absolute atomic E-state index is 14.2. The van der Waals surface area contributed by atoms with Gasteiger partial charge in [-0.3, -0.25) is 4.79 Å². The molecule has 8 heteroatoms. The molecule has 0 fully saturated rings. The first-order valence-electron chi connectivity index (χ1n) is 12.3. The molecular weight excluding hydrogens is 528 g/mol. The number of hydrogen-bond acceptors (Lipinski definition) is 3. The molecule has 0 aromatic heterocycles. The van der Waals surface area contributed by atoms with Gasteiger partial charge in [0.05, 0.1) is 15.6 Å². The normalized spacial score (nSPS) is 14.0. The molecule has 200 valence electrons. The van der Waals surface area contributed by atoms with Crippen molar-refractivity contribution in [2.24, 2.45) is 0 Å². The van der Waals surface area contributed by atoms with Crippen LogP contribution < -0.4 is 0 Å². The lowest BCUT2D eigenvalue weighted by atomic mass is 9.83. The third-order valence-corrected chi connectivity index (χ3v) is 7.61. The molecule has 1 aliphatic rings. The highest BCUT2D eigenvalue weighted by Gasteiger charge is 2.36. The number of aryl methyl sites for hydroxylation is 1. The van der Waals surface area contributed by atoms with Gasteiger partial charge in [0.15, 0.2) is 6.10 Å². The van der Waals surface area contributed by atoms with Gasteiger partial charge >= 0.3 is 5.97 Å². The lowest BCUT2D eigenvalue weighted by molar-refractivity contribution is -0.160. The molecule has 0 unspecified atom stereocenters. The van der Waals surface area contributed by atoms with Gasteiger partial charge in [-0.2, -0.15) is 0 Å². The Morgan fingerprint density at radius 1 is 1.00 bits per heavy atom. The number of carbonyl (C=O) groups is 2. The molecular formula is C30H30Cl2FNO4. The van der Waals surface area contributed by atoms with Crippen LogP contribution in [-0.4, -0.2) is 27.5 Å². The molecule has 1 N–H and O–H groups in total. The van der Waals surface area contributed by atoms with Gasteiger partial charge in [-0.05, 0) is 87.1 Å². The second kappa shape index (κ2) is 10.3. The van der Waals surface area contributed by atoms with E-state index in [1.165, 1.54) is 6.07 Å². The number of benzene rings is 3. The number of rotatable bonds is 5. The second-order valence-electron chi connectivity index (χ2n) is 10.7.